The van der Waals surface area contributed by atoms with E-state index in [1.165, 1.54) is 5.56 Å². The van der Waals surface area contributed by atoms with E-state index in [1.54, 1.807) is 6.26 Å². The van der Waals surface area contributed by atoms with Crippen molar-refractivity contribution in [2.24, 2.45) is 0 Å². The number of hydrogen-bond acceptors (Lipinski definition) is 3. The third-order valence-corrected chi connectivity index (χ3v) is 3.99. The summed E-state index contributed by atoms with van der Waals surface area (Å²) in [6, 6.07) is 8.10. The highest BCUT2D eigenvalue weighted by molar-refractivity contribution is 6.30. The maximum atomic E-state index is 6.24. The summed E-state index contributed by atoms with van der Waals surface area (Å²) >= 11 is 6.24. The van der Waals surface area contributed by atoms with E-state index in [-0.39, 0.29) is 6.04 Å². The Labute approximate surface area is 130 Å². The van der Waals surface area contributed by atoms with Gasteiger partial charge in [-0.2, -0.15) is 0 Å². The molecule has 0 saturated carbocycles. The summed E-state index contributed by atoms with van der Waals surface area (Å²) in [7, 11) is 0. The van der Waals surface area contributed by atoms with Gasteiger partial charge in [0.25, 0.3) is 0 Å². The van der Waals surface area contributed by atoms with Gasteiger partial charge in [0.2, 0.25) is 0 Å². The van der Waals surface area contributed by atoms with Gasteiger partial charge >= 0.3 is 0 Å². The number of hydrogen-bond donors (Lipinski definition) is 1. The van der Waals surface area contributed by atoms with E-state index in [0.717, 1.165) is 54.5 Å². The summed E-state index contributed by atoms with van der Waals surface area (Å²) < 4.78 is 11.4. The Bertz CT molecular complexity index is 595. The first-order valence-corrected chi connectivity index (χ1v) is 7.86. The van der Waals surface area contributed by atoms with Crippen molar-refractivity contribution in [3.05, 3.63) is 52.4 Å². The van der Waals surface area contributed by atoms with Crippen LogP contribution in [0.4, 0.5) is 0 Å². The zero-order valence-corrected chi connectivity index (χ0v) is 13.0. The quantitative estimate of drug-likeness (QED) is 0.870. The zero-order valence-electron chi connectivity index (χ0n) is 12.2. The fourth-order valence-electron chi connectivity index (χ4n) is 2.80. The maximum absolute atomic E-state index is 6.24. The van der Waals surface area contributed by atoms with Gasteiger partial charge in [-0.1, -0.05) is 18.5 Å². The summed E-state index contributed by atoms with van der Waals surface area (Å²) in [6.07, 6.45) is 4.56. The lowest BCUT2D eigenvalue weighted by molar-refractivity contribution is 0.349. The highest BCUT2D eigenvalue weighted by Crippen LogP contribution is 2.35. The molecule has 112 valence electrons. The third kappa shape index (κ3) is 3.25. The van der Waals surface area contributed by atoms with Crippen LogP contribution in [0.15, 0.2) is 34.9 Å². The highest BCUT2D eigenvalue weighted by atomic mass is 35.5. The molecule has 0 amide bonds. The molecule has 2 heterocycles. The van der Waals surface area contributed by atoms with Crippen LogP contribution in [0.2, 0.25) is 5.02 Å². The van der Waals surface area contributed by atoms with Gasteiger partial charge in [-0.3, -0.25) is 0 Å². The van der Waals surface area contributed by atoms with E-state index in [2.05, 4.69) is 12.2 Å². The molecule has 1 aromatic carbocycles. The molecule has 0 saturated heterocycles. The molecule has 1 aliphatic heterocycles. The predicted molar refractivity (Wildman–Crippen MR) is 84.1 cm³/mol. The molecule has 0 bridgehead atoms. The number of fused-ring (bicyclic) bond motifs is 1. The van der Waals surface area contributed by atoms with Crippen LogP contribution < -0.4 is 10.1 Å². The Hall–Kier alpha value is -1.45. The molecule has 21 heavy (non-hydrogen) atoms. The first kappa shape index (κ1) is 14.5. The summed E-state index contributed by atoms with van der Waals surface area (Å²) in [5.74, 6) is 1.96. The van der Waals surface area contributed by atoms with Gasteiger partial charge in [0, 0.05) is 11.4 Å². The topological polar surface area (TPSA) is 34.4 Å². The SMILES string of the molecule is CCCNC(Cc1cc(Cl)cc2c1OCC2)c1ccco1. The minimum absolute atomic E-state index is 0.145. The number of nitrogens with one attached hydrogen (secondary N) is 1. The van der Waals surface area contributed by atoms with E-state index < -0.39 is 0 Å². The number of furan rings is 1. The van der Waals surface area contributed by atoms with Crippen LogP contribution in [0.25, 0.3) is 0 Å². The van der Waals surface area contributed by atoms with Crippen LogP contribution in [-0.4, -0.2) is 13.2 Å². The third-order valence-electron chi connectivity index (χ3n) is 3.78. The number of halogens is 1. The fourth-order valence-corrected chi connectivity index (χ4v) is 3.06. The van der Waals surface area contributed by atoms with Crippen LogP contribution in [-0.2, 0) is 12.8 Å². The molecule has 4 heteroatoms. The predicted octanol–water partition coefficient (Wildman–Crippen LogP) is 4.15. The Balaban J connectivity index is 1.86. The standard InChI is InChI=1S/C17H20ClNO2/c1-2-6-19-15(16-4-3-7-20-16)11-13-10-14(18)9-12-5-8-21-17(12)13/h3-4,7,9-10,15,19H,2,5-6,8,11H2,1H3. The number of ether oxygens (including phenoxy) is 1. The molecule has 1 unspecified atom stereocenters. The first-order chi connectivity index (χ1) is 10.3. The van der Waals surface area contributed by atoms with Gasteiger partial charge in [-0.05, 0) is 54.8 Å². The maximum Gasteiger partial charge on any atom is 0.125 e. The molecule has 0 aliphatic carbocycles. The van der Waals surface area contributed by atoms with Crippen molar-refractivity contribution in [3.8, 4) is 5.75 Å². The van der Waals surface area contributed by atoms with Crippen molar-refractivity contribution in [3.63, 3.8) is 0 Å². The molecule has 1 atom stereocenters. The average Bonchev–Trinajstić information content (AvgIpc) is 3.13. The van der Waals surface area contributed by atoms with Crippen LogP contribution in [0.3, 0.4) is 0 Å². The van der Waals surface area contributed by atoms with Gasteiger partial charge in [0.15, 0.2) is 0 Å². The molecule has 1 aliphatic rings. The van der Waals surface area contributed by atoms with Crippen molar-refractivity contribution < 1.29 is 9.15 Å². The molecule has 3 nitrogen and oxygen atoms in total. The monoisotopic (exact) mass is 305 g/mol. The largest absolute Gasteiger partial charge is 0.493 e. The lowest BCUT2D eigenvalue weighted by Gasteiger charge is -2.18. The number of benzene rings is 1. The summed E-state index contributed by atoms with van der Waals surface area (Å²) in [5, 5.41) is 4.32. The van der Waals surface area contributed by atoms with Gasteiger partial charge in [0.05, 0.1) is 18.9 Å². The second-order valence-corrected chi connectivity index (χ2v) is 5.81. The van der Waals surface area contributed by atoms with E-state index in [0.29, 0.717) is 0 Å². The van der Waals surface area contributed by atoms with Crippen molar-refractivity contribution in [1.82, 2.24) is 5.32 Å². The Kier molecular flexibility index (Phi) is 4.51. The smallest absolute Gasteiger partial charge is 0.125 e. The zero-order chi connectivity index (χ0) is 14.7. The molecule has 1 aromatic heterocycles. The molecule has 0 fully saturated rings. The average molecular weight is 306 g/mol. The molecule has 2 aromatic rings. The van der Waals surface area contributed by atoms with E-state index >= 15 is 0 Å². The molecule has 3 rings (SSSR count). The molecule has 0 spiro atoms. The lowest BCUT2D eigenvalue weighted by atomic mass is 10.00. The normalized spacial score (nSPS) is 14.8. The molecular weight excluding hydrogens is 286 g/mol. The van der Waals surface area contributed by atoms with E-state index in [9.17, 15) is 0 Å². The van der Waals surface area contributed by atoms with Gasteiger partial charge in [-0.25, -0.2) is 0 Å². The minimum atomic E-state index is 0.145. The van der Waals surface area contributed by atoms with Crippen LogP contribution in [0, 0.1) is 0 Å². The summed E-state index contributed by atoms with van der Waals surface area (Å²) in [5.41, 5.74) is 2.37. The second-order valence-electron chi connectivity index (χ2n) is 5.38. The van der Waals surface area contributed by atoms with Gasteiger partial charge < -0.3 is 14.5 Å². The Morgan fingerprint density at radius 1 is 1.38 bits per heavy atom. The van der Waals surface area contributed by atoms with Crippen molar-refractivity contribution in [2.45, 2.75) is 32.2 Å². The molecule has 1 N–H and O–H groups in total. The lowest BCUT2D eigenvalue weighted by Crippen LogP contribution is -2.23. The van der Waals surface area contributed by atoms with Crippen LogP contribution >= 0.6 is 11.6 Å². The van der Waals surface area contributed by atoms with E-state index in [4.69, 9.17) is 20.8 Å². The molecular formula is C17H20ClNO2. The summed E-state index contributed by atoms with van der Waals surface area (Å²) in [4.78, 5) is 0. The van der Waals surface area contributed by atoms with Crippen molar-refractivity contribution in [1.29, 1.82) is 0 Å². The van der Waals surface area contributed by atoms with Gasteiger partial charge in [0.1, 0.15) is 11.5 Å². The summed E-state index contributed by atoms with van der Waals surface area (Å²) in [6.45, 7) is 3.86. The van der Waals surface area contributed by atoms with Crippen LogP contribution in [0.5, 0.6) is 5.75 Å². The Morgan fingerprint density at radius 2 is 2.29 bits per heavy atom. The second kappa shape index (κ2) is 6.54. The number of rotatable bonds is 6. The van der Waals surface area contributed by atoms with Crippen LogP contribution in [0.1, 0.15) is 36.3 Å². The van der Waals surface area contributed by atoms with Gasteiger partial charge in [-0.15, -0.1) is 0 Å². The minimum Gasteiger partial charge on any atom is -0.493 e. The highest BCUT2D eigenvalue weighted by Gasteiger charge is 2.22. The fraction of sp³-hybridized carbons (Fsp3) is 0.412. The molecule has 0 radical (unpaired) electrons. The Morgan fingerprint density at radius 3 is 3.05 bits per heavy atom. The van der Waals surface area contributed by atoms with E-state index in [1.807, 2.05) is 24.3 Å². The van der Waals surface area contributed by atoms with Crippen molar-refractivity contribution in [2.75, 3.05) is 13.2 Å². The first-order valence-electron chi connectivity index (χ1n) is 7.49. The van der Waals surface area contributed by atoms with Crippen molar-refractivity contribution >= 4 is 11.6 Å².